The number of hydrogen-bond donors (Lipinski definition) is 1. The zero-order chi connectivity index (χ0) is 29.8. The van der Waals surface area contributed by atoms with Crippen LogP contribution in [0.1, 0.15) is 34.1 Å². The van der Waals surface area contributed by atoms with Gasteiger partial charge >= 0.3 is 18.0 Å². The number of aromatic nitrogens is 1. The van der Waals surface area contributed by atoms with Crippen LogP contribution in [0.15, 0.2) is 89.3 Å². The standard InChI is InChI=1S/C32H27F3N4O3/c1-4-41-30(40)29-14-21-7-9-25-16-28(21)39(29)32(42-25)24(17-36)8-10-27(26-15-23(11-12-37-26)31(33,34)35)38(32)18-22-6-5-19(2)13-20(22)3/h5-11,13-16,37H,4,12,18H2,1-3H3. The van der Waals surface area contributed by atoms with Crippen LogP contribution in [0.4, 0.5) is 13.2 Å². The van der Waals surface area contributed by atoms with E-state index in [1.54, 1.807) is 40.7 Å². The lowest BCUT2D eigenvalue weighted by Gasteiger charge is -2.50. The summed E-state index contributed by atoms with van der Waals surface area (Å²) in [6.45, 7) is 5.85. The average Bonchev–Trinajstić information content (AvgIpc) is 3.37. The molecule has 3 aliphatic heterocycles. The van der Waals surface area contributed by atoms with Crippen LogP contribution >= 0.6 is 0 Å². The van der Waals surface area contributed by atoms with Crippen LogP contribution in [-0.4, -0.2) is 34.8 Å². The quantitative estimate of drug-likeness (QED) is 0.364. The van der Waals surface area contributed by atoms with Crippen LogP contribution in [0.3, 0.4) is 0 Å². The molecule has 1 unspecified atom stereocenters. The highest BCUT2D eigenvalue weighted by Crippen LogP contribution is 2.48. The number of carbonyl (C=O) groups excluding carboxylic acids is 1. The minimum Gasteiger partial charge on any atom is -0.461 e. The molecule has 1 N–H and O–H groups in total. The first-order chi connectivity index (χ1) is 20.1. The molecule has 6 rings (SSSR count). The van der Waals surface area contributed by atoms with Gasteiger partial charge in [0.2, 0.25) is 0 Å². The van der Waals surface area contributed by atoms with Crippen molar-refractivity contribution in [2.24, 2.45) is 0 Å². The molecule has 4 heterocycles. The Morgan fingerprint density at radius 2 is 1.98 bits per heavy atom. The van der Waals surface area contributed by atoms with Gasteiger partial charge in [0.15, 0.2) is 0 Å². The minimum atomic E-state index is -4.55. The summed E-state index contributed by atoms with van der Waals surface area (Å²) in [5.41, 5.74) is 3.59. The van der Waals surface area contributed by atoms with Gasteiger partial charge in [-0.05, 0) is 68.3 Å². The molecule has 214 valence electrons. The summed E-state index contributed by atoms with van der Waals surface area (Å²) in [7, 11) is 0. The van der Waals surface area contributed by atoms with Crippen molar-refractivity contribution >= 4 is 16.9 Å². The molecule has 1 aromatic heterocycles. The lowest BCUT2D eigenvalue weighted by Crippen LogP contribution is -2.58. The number of halogens is 3. The molecule has 1 spiro atoms. The minimum absolute atomic E-state index is 0.0427. The fourth-order valence-electron chi connectivity index (χ4n) is 5.79. The van der Waals surface area contributed by atoms with Gasteiger partial charge in [0.25, 0.3) is 0 Å². The molecule has 10 heteroatoms. The third-order valence-corrected chi connectivity index (χ3v) is 7.70. The second kappa shape index (κ2) is 9.87. The van der Waals surface area contributed by atoms with E-state index in [2.05, 4.69) is 11.4 Å². The normalized spacial score (nSPS) is 19.4. The van der Waals surface area contributed by atoms with E-state index in [-0.39, 0.29) is 36.7 Å². The first kappa shape index (κ1) is 27.3. The van der Waals surface area contributed by atoms with Gasteiger partial charge in [0, 0.05) is 24.5 Å². The number of allylic oxidation sites excluding steroid dienone is 4. The Kier molecular flexibility index (Phi) is 6.41. The van der Waals surface area contributed by atoms with E-state index in [1.165, 1.54) is 6.08 Å². The predicted molar refractivity (Wildman–Crippen MR) is 150 cm³/mol. The largest absolute Gasteiger partial charge is 0.461 e. The van der Waals surface area contributed by atoms with Crippen molar-refractivity contribution in [2.45, 2.75) is 39.3 Å². The van der Waals surface area contributed by atoms with E-state index in [1.807, 2.05) is 38.1 Å². The third-order valence-electron chi connectivity index (χ3n) is 7.70. The molecule has 2 aromatic carbocycles. The molecule has 3 aromatic rings. The molecule has 0 saturated carbocycles. The predicted octanol–water partition coefficient (Wildman–Crippen LogP) is 6.26. The van der Waals surface area contributed by atoms with Gasteiger partial charge in [-0.15, -0.1) is 0 Å². The number of ether oxygens (including phenoxy) is 2. The Morgan fingerprint density at radius 1 is 1.17 bits per heavy atom. The summed E-state index contributed by atoms with van der Waals surface area (Å²) in [5.74, 6) is -1.92. The van der Waals surface area contributed by atoms with Gasteiger partial charge in [0.05, 0.1) is 29.1 Å². The number of nitrogens with zero attached hydrogens (tertiary/aromatic N) is 3. The number of nitriles is 1. The highest BCUT2D eigenvalue weighted by atomic mass is 19.4. The van der Waals surface area contributed by atoms with Crippen LogP contribution in [0.5, 0.6) is 5.75 Å². The first-order valence-electron chi connectivity index (χ1n) is 13.5. The van der Waals surface area contributed by atoms with Crippen molar-refractivity contribution in [1.82, 2.24) is 14.8 Å². The summed E-state index contributed by atoms with van der Waals surface area (Å²) in [5, 5.41) is 14.3. The van der Waals surface area contributed by atoms with Gasteiger partial charge in [-0.25, -0.2) is 4.79 Å². The molecule has 0 radical (unpaired) electrons. The molecular formula is C32H27F3N4O3. The fraction of sp³-hybridized carbons (Fsp3) is 0.250. The molecule has 1 atom stereocenters. The highest BCUT2D eigenvalue weighted by Gasteiger charge is 2.53. The number of fused-ring (bicyclic) bond motifs is 2. The van der Waals surface area contributed by atoms with Crippen molar-refractivity contribution < 1.29 is 27.4 Å². The second-order valence-electron chi connectivity index (χ2n) is 10.4. The van der Waals surface area contributed by atoms with E-state index >= 15 is 0 Å². The molecule has 7 nitrogen and oxygen atoms in total. The van der Waals surface area contributed by atoms with Crippen LogP contribution in [-0.2, 0) is 17.1 Å². The van der Waals surface area contributed by atoms with E-state index in [0.29, 0.717) is 17.0 Å². The van der Waals surface area contributed by atoms with Crippen molar-refractivity contribution in [2.75, 3.05) is 13.2 Å². The molecule has 42 heavy (non-hydrogen) atoms. The molecule has 0 saturated heterocycles. The Morgan fingerprint density at radius 3 is 2.69 bits per heavy atom. The number of benzene rings is 2. The number of hydrogen-bond acceptors (Lipinski definition) is 6. The molecule has 0 aliphatic carbocycles. The smallest absolute Gasteiger partial charge is 0.416 e. The van der Waals surface area contributed by atoms with Crippen molar-refractivity contribution in [3.8, 4) is 11.8 Å². The van der Waals surface area contributed by atoms with Crippen molar-refractivity contribution in [1.29, 1.82) is 5.26 Å². The monoisotopic (exact) mass is 572 g/mol. The van der Waals surface area contributed by atoms with Crippen molar-refractivity contribution in [3.63, 3.8) is 0 Å². The van der Waals surface area contributed by atoms with Gasteiger partial charge in [-0.3, -0.25) is 4.57 Å². The van der Waals surface area contributed by atoms with Crippen LogP contribution in [0, 0.1) is 25.2 Å². The Bertz CT molecular complexity index is 1810. The molecule has 0 amide bonds. The maximum Gasteiger partial charge on any atom is 0.416 e. The highest BCUT2D eigenvalue weighted by molar-refractivity contribution is 5.97. The summed E-state index contributed by atoms with van der Waals surface area (Å²) < 4.78 is 55.2. The summed E-state index contributed by atoms with van der Waals surface area (Å²) in [6.07, 6.45) is 0.749. The number of aryl methyl sites for hydroxylation is 2. The SMILES string of the molecule is CCOC(=O)c1cc2ccc3cc2n1C1(O3)C(C#N)=CC=C(C2=CC(C(F)(F)F)=CCN2)N1Cc1ccc(C)cc1C. The number of nitrogens with one attached hydrogen (secondary N) is 1. The zero-order valence-corrected chi connectivity index (χ0v) is 23.2. The van der Waals surface area contributed by atoms with E-state index in [4.69, 9.17) is 9.47 Å². The molecule has 2 bridgehead atoms. The summed E-state index contributed by atoms with van der Waals surface area (Å²) in [4.78, 5) is 15.1. The van der Waals surface area contributed by atoms with Gasteiger partial charge in [-0.1, -0.05) is 29.8 Å². The summed E-state index contributed by atoms with van der Waals surface area (Å²) >= 11 is 0. The van der Waals surface area contributed by atoms with E-state index < -0.39 is 23.6 Å². The first-order valence-corrected chi connectivity index (χ1v) is 13.5. The van der Waals surface area contributed by atoms with E-state index in [9.17, 15) is 23.2 Å². The third kappa shape index (κ3) is 4.24. The van der Waals surface area contributed by atoms with Crippen LogP contribution in [0.2, 0.25) is 0 Å². The van der Waals surface area contributed by atoms with E-state index in [0.717, 1.165) is 34.2 Å². The number of carbonyl (C=O) groups is 1. The molecule has 0 fully saturated rings. The van der Waals surface area contributed by atoms with Crippen LogP contribution in [0.25, 0.3) is 10.9 Å². The Hall–Kier alpha value is -4.91. The molecule has 3 aliphatic rings. The Labute approximate surface area is 240 Å². The van der Waals surface area contributed by atoms with Gasteiger partial charge in [-0.2, -0.15) is 18.4 Å². The number of alkyl halides is 3. The zero-order valence-electron chi connectivity index (χ0n) is 23.2. The number of esters is 1. The molecular weight excluding hydrogens is 545 g/mol. The number of dihydropyridines is 1. The second-order valence-corrected chi connectivity index (χ2v) is 10.4. The van der Waals surface area contributed by atoms with Crippen molar-refractivity contribution in [3.05, 3.63) is 112 Å². The lowest BCUT2D eigenvalue weighted by atomic mass is 9.96. The number of rotatable bonds is 5. The van der Waals surface area contributed by atoms with Crippen LogP contribution < -0.4 is 10.1 Å². The maximum absolute atomic E-state index is 13.8. The lowest BCUT2D eigenvalue weighted by molar-refractivity contribution is -0.106. The Balaban J connectivity index is 1.63. The topological polar surface area (TPSA) is 79.5 Å². The van der Waals surface area contributed by atoms with Gasteiger partial charge in [0.1, 0.15) is 23.1 Å². The maximum atomic E-state index is 13.8. The summed E-state index contributed by atoms with van der Waals surface area (Å²) in [6, 6.07) is 15.2. The van der Waals surface area contributed by atoms with Gasteiger partial charge < -0.3 is 19.7 Å². The fourth-order valence-corrected chi connectivity index (χ4v) is 5.79. The average molecular weight is 573 g/mol.